The zero-order valence-corrected chi connectivity index (χ0v) is 19.1. The normalized spacial score (nSPS) is 11.7. The van der Waals surface area contributed by atoms with Crippen molar-refractivity contribution in [1.29, 1.82) is 0 Å². The molecular weight excluding hydrogens is 352 g/mol. The molecule has 0 bridgehead atoms. The average Bonchev–Trinajstić information content (AvgIpc) is 2.71. The summed E-state index contributed by atoms with van der Waals surface area (Å²) in [6, 6.07) is 0. The molecule has 0 aliphatic rings. The minimum Gasteiger partial charge on any atom is -0.475 e. The molecule has 0 saturated heterocycles. The van der Waals surface area contributed by atoms with Crippen LogP contribution in [0.5, 0.6) is 0 Å². The molecule has 0 radical (unpaired) electrons. The molecule has 0 rings (SSSR count). The van der Waals surface area contributed by atoms with Gasteiger partial charge in [-0.1, -0.05) is 65.2 Å². The molecule has 0 atom stereocenters. The van der Waals surface area contributed by atoms with E-state index in [1.165, 1.54) is 51.4 Å². The minimum absolute atomic E-state index is 0.0319. The van der Waals surface area contributed by atoms with E-state index in [0.717, 1.165) is 51.7 Å². The summed E-state index contributed by atoms with van der Waals surface area (Å²) in [4.78, 5) is 0. The molecule has 0 aliphatic carbocycles. The minimum atomic E-state index is -0.0319. The van der Waals surface area contributed by atoms with E-state index in [0.29, 0.717) is 13.4 Å². The van der Waals surface area contributed by atoms with Gasteiger partial charge in [0.25, 0.3) is 0 Å². The molecule has 0 spiro atoms. The Morgan fingerprint density at radius 3 is 1.86 bits per heavy atom. The monoisotopic (exact) mass is 400 g/mol. The zero-order valence-electron chi connectivity index (χ0n) is 19.1. The maximum atomic E-state index is 6.04. The number of hydrogen-bond acceptors (Lipinski definition) is 4. The summed E-state index contributed by atoms with van der Waals surface area (Å²) in [5, 5.41) is 0. The Hall–Kier alpha value is -0.580. The van der Waals surface area contributed by atoms with Crippen molar-refractivity contribution in [2.75, 3.05) is 26.6 Å². The second-order valence-electron chi connectivity index (χ2n) is 7.43. The molecule has 0 amide bonds. The first-order chi connectivity index (χ1) is 13.8. The third-order valence-corrected chi connectivity index (χ3v) is 4.71. The number of unbranched alkanes of at least 4 members (excludes halogenated alkanes) is 10. The van der Waals surface area contributed by atoms with Crippen LogP contribution in [-0.2, 0) is 18.9 Å². The average molecular weight is 401 g/mol. The van der Waals surface area contributed by atoms with Gasteiger partial charge < -0.3 is 18.9 Å². The van der Waals surface area contributed by atoms with Crippen LogP contribution in [-0.4, -0.2) is 32.9 Å². The van der Waals surface area contributed by atoms with Crippen LogP contribution in [0.25, 0.3) is 0 Å². The third-order valence-electron chi connectivity index (χ3n) is 4.71. The van der Waals surface area contributed by atoms with Crippen molar-refractivity contribution >= 4 is 0 Å². The van der Waals surface area contributed by atoms with E-state index >= 15 is 0 Å². The first kappa shape index (κ1) is 27.4. The Morgan fingerprint density at radius 2 is 1.29 bits per heavy atom. The van der Waals surface area contributed by atoms with Crippen molar-refractivity contribution in [3.8, 4) is 0 Å². The highest BCUT2D eigenvalue weighted by atomic mass is 16.7. The van der Waals surface area contributed by atoms with E-state index in [4.69, 9.17) is 18.9 Å². The summed E-state index contributed by atoms with van der Waals surface area (Å²) < 4.78 is 22.4. The Labute approximate surface area is 175 Å². The van der Waals surface area contributed by atoms with Crippen molar-refractivity contribution in [3.05, 3.63) is 12.3 Å². The van der Waals surface area contributed by atoms with Crippen LogP contribution in [0.15, 0.2) is 12.3 Å². The molecule has 0 aromatic rings. The van der Waals surface area contributed by atoms with Crippen molar-refractivity contribution in [2.24, 2.45) is 0 Å². The van der Waals surface area contributed by atoms with Crippen LogP contribution in [0.1, 0.15) is 111 Å². The lowest BCUT2D eigenvalue weighted by Crippen LogP contribution is -2.19. The third kappa shape index (κ3) is 21.7. The lowest BCUT2D eigenvalue weighted by Gasteiger charge is -2.19. The fourth-order valence-electron chi connectivity index (χ4n) is 2.94. The number of rotatable bonds is 23. The Balaban J connectivity index is 3.84. The molecule has 168 valence electrons. The molecule has 0 N–H and O–H groups in total. The van der Waals surface area contributed by atoms with Gasteiger partial charge >= 0.3 is 0 Å². The maximum Gasteiger partial charge on any atom is 0.188 e. The highest BCUT2D eigenvalue weighted by Crippen LogP contribution is 2.12. The highest BCUT2D eigenvalue weighted by Gasteiger charge is 2.09. The van der Waals surface area contributed by atoms with Crippen LogP contribution < -0.4 is 0 Å². The molecule has 0 aliphatic heterocycles. The topological polar surface area (TPSA) is 36.9 Å². The van der Waals surface area contributed by atoms with Crippen molar-refractivity contribution < 1.29 is 18.9 Å². The zero-order chi connectivity index (χ0) is 20.5. The summed E-state index contributed by atoms with van der Waals surface area (Å²) >= 11 is 0. The van der Waals surface area contributed by atoms with Gasteiger partial charge in [0, 0.05) is 19.8 Å². The van der Waals surface area contributed by atoms with Crippen LogP contribution in [0.4, 0.5) is 0 Å². The number of hydrogen-bond donors (Lipinski definition) is 0. The van der Waals surface area contributed by atoms with Crippen LogP contribution in [0.2, 0.25) is 0 Å². The van der Waals surface area contributed by atoms with E-state index in [-0.39, 0.29) is 6.29 Å². The molecule has 0 fully saturated rings. The first-order valence-corrected chi connectivity index (χ1v) is 11.9. The van der Waals surface area contributed by atoms with Crippen molar-refractivity contribution in [2.45, 2.75) is 117 Å². The summed E-state index contributed by atoms with van der Waals surface area (Å²) in [5.41, 5.74) is 0. The van der Waals surface area contributed by atoms with Crippen molar-refractivity contribution in [3.63, 3.8) is 0 Å². The van der Waals surface area contributed by atoms with Gasteiger partial charge in [-0.15, -0.1) is 0 Å². The summed E-state index contributed by atoms with van der Waals surface area (Å²) in [7, 11) is 0. The lowest BCUT2D eigenvalue weighted by molar-refractivity contribution is -0.148. The predicted molar refractivity (Wildman–Crippen MR) is 118 cm³/mol. The van der Waals surface area contributed by atoms with Gasteiger partial charge in [0.05, 0.1) is 6.26 Å². The van der Waals surface area contributed by atoms with Crippen LogP contribution in [0, 0.1) is 0 Å². The second-order valence-corrected chi connectivity index (χ2v) is 7.43. The molecule has 0 heterocycles. The molecule has 0 saturated carbocycles. The maximum absolute atomic E-state index is 6.04. The Bertz CT molecular complexity index is 291. The second kappa shape index (κ2) is 24.5. The van der Waals surface area contributed by atoms with Gasteiger partial charge in [-0.3, -0.25) is 0 Å². The summed E-state index contributed by atoms with van der Waals surface area (Å²) in [6.45, 7) is 9.15. The molecular formula is C24H48O4. The fourth-order valence-corrected chi connectivity index (χ4v) is 2.94. The van der Waals surface area contributed by atoms with Crippen LogP contribution in [0.3, 0.4) is 0 Å². The lowest BCUT2D eigenvalue weighted by atomic mass is 10.1. The Kier molecular flexibility index (Phi) is 24.0. The summed E-state index contributed by atoms with van der Waals surface area (Å²) in [6.07, 6.45) is 20.7. The first-order valence-electron chi connectivity index (χ1n) is 11.9. The van der Waals surface area contributed by atoms with E-state index in [9.17, 15) is 0 Å². The van der Waals surface area contributed by atoms with Crippen LogP contribution >= 0.6 is 0 Å². The standard InChI is InChI=1S/C24H48O4/c1-4-7-9-12-17-21-27-24(28-22-18-13-10-8-5-2)19-15-11-14-16-20-26-23-25-6-3/h16,20,24H,4-15,17-19,21-23H2,1-3H3. The van der Waals surface area contributed by atoms with Crippen molar-refractivity contribution in [1.82, 2.24) is 0 Å². The van der Waals surface area contributed by atoms with Gasteiger partial charge in [-0.05, 0) is 51.5 Å². The highest BCUT2D eigenvalue weighted by molar-refractivity contribution is 4.72. The van der Waals surface area contributed by atoms with Gasteiger partial charge in [-0.25, -0.2) is 0 Å². The quantitative estimate of drug-likeness (QED) is 0.102. The molecule has 0 unspecified atom stereocenters. The molecule has 0 aromatic heterocycles. The Morgan fingerprint density at radius 1 is 0.679 bits per heavy atom. The largest absolute Gasteiger partial charge is 0.475 e. The molecule has 28 heavy (non-hydrogen) atoms. The van der Waals surface area contributed by atoms with Gasteiger partial charge in [0.15, 0.2) is 13.1 Å². The van der Waals surface area contributed by atoms with Gasteiger partial charge in [-0.2, -0.15) is 0 Å². The van der Waals surface area contributed by atoms with E-state index in [2.05, 4.69) is 19.9 Å². The molecule has 4 nitrogen and oxygen atoms in total. The molecule has 0 aromatic carbocycles. The predicted octanol–water partition coefficient (Wildman–Crippen LogP) is 7.37. The van der Waals surface area contributed by atoms with E-state index < -0.39 is 0 Å². The smallest absolute Gasteiger partial charge is 0.188 e. The summed E-state index contributed by atoms with van der Waals surface area (Å²) in [5.74, 6) is 0. The number of allylic oxidation sites excluding steroid dienone is 1. The van der Waals surface area contributed by atoms with Gasteiger partial charge in [0.1, 0.15) is 0 Å². The van der Waals surface area contributed by atoms with Gasteiger partial charge in [0.2, 0.25) is 0 Å². The SMILES string of the molecule is CCCCCCCOC(CCCCC=COCOCC)OCCCCCCC. The number of ether oxygens (including phenoxy) is 4. The molecule has 4 heteroatoms. The van der Waals surface area contributed by atoms with E-state index in [1.807, 2.05) is 6.92 Å². The fraction of sp³-hybridized carbons (Fsp3) is 0.917. The van der Waals surface area contributed by atoms with E-state index in [1.54, 1.807) is 6.26 Å².